The number of benzene rings is 1. The quantitative estimate of drug-likeness (QED) is 0.642. The highest BCUT2D eigenvalue weighted by molar-refractivity contribution is 8.18. The van der Waals surface area contributed by atoms with E-state index in [1.165, 1.54) is 11.8 Å². The molecule has 1 saturated heterocycles. The van der Waals surface area contributed by atoms with Gasteiger partial charge in [0.15, 0.2) is 5.17 Å². The van der Waals surface area contributed by atoms with Crippen molar-refractivity contribution >= 4 is 57.3 Å². The molecule has 1 aliphatic rings. The summed E-state index contributed by atoms with van der Waals surface area (Å²) in [6.45, 7) is 2.00. The summed E-state index contributed by atoms with van der Waals surface area (Å²) in [4.78, 5) is 21.9. The molecule has 4 nitrogen and oxygen atoms in total. The number of para-hydroxylation sites is 1. The minimum atomic E-state index is -0.137. The average molecular weight is 384 g/mol. The summed E-state index contributed by atoms with van der Waals surface area (Å²) in [7, 11) is 0. The van der Waals surface area contributed by atoms with Crippen LogP contribution in [-0.2, 0) is 4.79 Å². The molecule has 1 amide bonds. The molecule has 4 rings (SSSR count). The lowest BCUT2D eigenvalue weighted by atomic mass is 10.2. The Labute approximate surface area is 157 Å². The Kier molecular flexibility index (Phi) is 4.52. The number of carbonyl (C=O) groups excluding carboxylic acids is 1. The fourth-order valence-electron chi connectivity index (χ4n) is 2.28. The molecule has 7 heteroatoms. The molecule has 1 fully saturated rings. The molecule has 3 aromatic rings. The number of amides is 1. The lowest BCUT2D eigenvalue weighted by Gasteiger charge is -1.99. The standard InChI is InChI=1S/C18H13N3OS3/c1-11-4-2-3-5-14(11)20-18-21-16(22)15(25-18)8-13-10-24-17(19-13)12-6-7-23-9-12/h2-10H,1H3,(H,20,21,22)/b15-8-. The highest BCUT2D eigenvalue weighted by Crippen LogP contribution is 2.31. The second kappa shape index (κ2) is 6.95. The van der Waals surface area contributed by atoms with E-state index in [9.17, 15) is 4.79 Å². The van der Waals surface area contributed by atoms with Gasteiger partial charge in [0.05, 0.1) is 16.3 Å². The number of hydrogen-bond donors (Lipinski definition) is 1. The third kappa shape index (κ3) is 3.58. The maximum atomic E-state index is 12.2. The minimum Gasteiger partial charge on any atom is -0.300 e. The predicted molar refractivity (Wildman–Crippen MR) is 107 cm³/mol. The molecule has 1 N–H and O–H groups in total. The summed E-state index contributed by atoms with van der Waals surface area (Å²) in [5.74, 6) is -0.137. The summed E-state index contributed by atoms with van der Waals surface area (Å²) < 4.78 is 0. The first-order chi connectivity index (χ1) is 12.2. The Morgan fingerprint density at radius 3 is 2.88 bits per heavy atom. The number of thioether (sulfide) groups is 1. The van der Waals surface area contributed by atoms with Crippen molar-refractivity contribution in [1.82, 2.24) is 10.3 Å². The summed E-state index contributed by atoms with van der Waals surface area (Å²) >= 11 is 4.56. The number of amidine groups is 1. The number of rotatable bonds is 3. The fourth-order valence-corrected chi connectivity index (χ4v) is 4.59. The normalized spacial score (nSPS) is 17.4. The summed E-state index contributed by atoms with van der Waals surface area (Å²) in [5.41, 5.74) is 3.84. The molecule has 0 aliphatic carbocycles. The van der Waals surface area contributed by atoms with Crippen LogP contribution in [0.2, 0.25) is 0 Å². The molecule has 0 atom stereocenters. The zero-order valence-electron chi connectivity index (χ0n) is 13.2. The first-order valence-electron chi connectivity index (χ1n) is 7.52. The summed E-state index contributed by atoms with van der Waals surface area (Å²) in [6, 6.07) is 9.89. The molecule has 0 unspecified atom stereocenters. The first kappa shape index (κ1) is 16.3. The van der Waals surface area contributed by atoms with Gasteiger partial charge < -0.3 is 5.32 Å². The predicted octanol–water partition coefficient (Wildman–Crippen LogP) is 5.07. The van der Waals surface area contributed by atoms with Gasteiger partial charge in [-0.1, -0.05) is 18.2 Å². The second-order valence-electron chi connectivity index (χ2n) is 5.36. The van der Waals surface area contributed by atoms with Gasteiger partial charge in [-0.3, -0.25) is 4.79 Å². The Balaban J connectivity index is 1.57. The van der Waals surface area contributed by atoms with Crippen LogP contribution in [0.3, 0.4) is 0 Å². The van der Waals surface area contributed by atoms with Crippen LogP contribution in [0, 0.1) is 6.92 Å². The van der Waals surface area contributed by atoms with Crippen molar-refractivity contribution in [2.24, 2.45) is 4.99 Å². The Bertz CT molecular complexity index is 987. The van der Waals surface area contributed by atoms with E-state index in [-0.39, 0.29) is 5.91 Å². The molecule has 1 aromatic carbocycles. The molecule has 1 aliphatic heterocycles. The van der Waals surface area contributed by atoms with Crippen molar-refractivity contribution in [3.8, 4) is 10.6 Å². The number of thiophene rings is 1. The number of thiazole rings is 1. The zero-order valence-corrected chi connectivity index (χ0v) is 15.7. The van der Waals surface area contributed by atoms with Crippen LogP contribution < -0.4 is 5.32 Å². The van der Waals surface area contributed by atoms with Gasteiger partial charge in [0.1, 0.15) is 5.01 Å². The van der Waals surface area contributed by atoms with Crippen LogP contribution in [0.1, 0.15) is 11.3 Å². The molecule has 25 heavy (non-hydrogen) atoms. The number of nitrogens with one attached hydrogen (secondary N) is 1. The highest BCUT2D eigenvalue weighted by Gasteiger charge is 2.24. The Morgan fingerprint density at radius 2 is 2.08 bits per heavy atom. The maximum absolute atomic E-state index is 12.2. The van der Waals surface area contributed by atoms with Gasteiger partial charge in [0, 0.05) is 16.3 Å². The number of hydrogen-bond acceptors (Lipinski definition) is 6. The van der Waals surface area contributed by atoms with E-state index in [2.05, 4.69) is 20.7 Å². The van der Waals surface area contributed by atoms with Crippen molar-refractivity contribution in [2.75, 3.05) is 0 Å². The van der Waals surface area contributed by atoms with Crippen molar-refractivity contribution in [3.05, 3.63) is 62.6 Å². The minimum absolute atomic E-state index is 0.137. The van der Waals surface area contributed by atoms with Crippen LogP contribution in [0.25, 0.3) is 16.6 Å². The van der Waals surface area contributed by atoms with E-state index in [4.69, 9.17) is 0 Å². The van der Waals surface area contributed by atoms with Gasteiger partial charge in [-0.25, -0.2) is 9.98 Å². The van der Waals surface area contributed by atoms with Crippen molar-refractivity contribution in [3.63, 3.8) is 0 Å². The zero-order chi connectivity index (χ0) is 17.2. The third-order valence-corrected chi connectivity index (χ3v) is 6.06. The summed E-state index contributed by atoms with van der Waals surface area (Å²) in [6.07, 6.45) is 1.81. The van der Waals surface area contributed by atoms with Gasteiger partial charge >= 0.3 is 0 Å². The van der Waals surface area contributed by atoms with Crippen LogP contribution in [0.15, 0.2) is 56.4 Å². The van der Waals surface area contributed by atoms with Crippen molar-refractivity contribution < 1.29 is 4.79 Å². The number of aromatic nitrogens is 1. The molecule has 0 spiro atoms. The lowest BCUT2D eigenvalue weighted by molar-refractivity contribution is -0.115. The monoisotopic (exact) mass is 383 g/mol. The van der Waals surface area contributed by atoms with E-state index in [1.807, 2.05) is 54.1 Å². The summed E-state index contributed by atoms with van der Waals surface area (Å²) in [5, 5.41) is 10.4. The maximum Gasteiger partial charge on any atom is 0.264 e. The second-order valence-corrected chi connectivity index (χ2v) is 8.03. The van der Waals surface area contributed by atoms with Gasteiger partial charge in [-0.05, 0) is 47.8 Å². The Hall–Kier alpha value is -2.22. The van der Waals surface area contributed by atoms with Crippen LogP contribution in [0.5, 0.6) is 0 Å². The number of aryl methyl sites for hydroxylation is 1. The van der Waals surface area contributed by atoms with Gasteiger partial charge in [0.25, 0.3) is 5.91 Å². The molecule has 0 saturated carbocycles. The topological polar surface area (TPSA) is 54.4 Å². The van der Waals surface area contributed by atoms with Crippen molar-refractivity contribution in [1.29, 1.82) is 0 Å². The van der Waals surface area contributed by atoms with E-state index < -0.39 is 0 Å². The average Bonchev–Trinajstić information content (AvgIpc) is 3.32. The lowest BCUT2D eigenvalue weighted by Crippen LogP contribution is -2.19. The smallest absolute Gasteiger partial charge is 0.264 e. The van der Waals surface area contributed by atoms with Gasteiger partial charge in [-0.2, -0.15) is 11.3 Å². The molecular weight excluding hydrogens is 370 g/mol. The number of aliphatic imine (C=N–C) groups is 1. The molecule has 0 radical (unpaired) electrons. The molecule has 2 aromatic heterocycles. The molecular formula is C18H13N3OS3. The van der Waals surface area contributed by atoms with E-state index >= 15 is 0 Å². The third-order valence-electron chi connectivity index (χ3n) is 3.56. The van der Waals surface area contributed by atoms with E-state index in [0.717, 1.165) is 27.5 Å². The number of nitrogens with zero attached hydrogens (tertiary/aromatic N) is 2. The highest BCUT2D eigenvalue weighted by atomic mass is 32.2. The first-order valence-corrected chi connectivity index (χ1v) is 10.2. The SMILES string of the molecule is Cc1ccccc1N=C1NC(=O)/C(=C/c2csc(-c3ccsc3)n2)S1. The van der Waals surface area contributed by atoms with Gasteiger partial charge in [-0.15, -0.1) is 11.3 Å². The number of carbonyl (C=O) groups is 1. The largest absolute Gasteiger partial charge is 0.300 e. The van der Waals surface area contributed by atoms with Gasteiger partial charge in [0.2, 0.25) is 0 Å². The fraction of sp³-hybridized carbons (Fsp3) is 0.0556. The van der Waals surface area contributed by atoms with E-state index in [1.54, 1.807) is 22.7 Å². The van der Waals surface area contributed by atoms with Crippen molar-refractivity contribution in [2.45, 2.75) is 6.92 Å². The Morgan fingerprint density at radius 1 is 1.20 bits per heavy atom. The molecule has 124 valence electrons. The molecule has 0 bridgehead atoms. The molecule has 3 heterocycles. The van der Waals surface area contributed by atoms with Crippen LogP contribution in [-0.4, -0.2) is 16.1 Å². The van der Waals surface area contributed by atoms with Crippen LogP contribution in [0.4, 0.5) is 5.69 Å². The van der Waals surface area contributed by atoms with Crippen LogP contribution >= 0.6 is 34.4 Å². The van der Waals surface area contributed by atoms with E-state index in [0.29, 0.717) is 10.1 Å².